The topological polar surface area (TPSA) is 98.5 Å². The molecule has 0 aliphatic carbocycles. The fraction of sp³-hybridized carbons (Fsp3) is 0.222. The molecule has 8 nitrogen and oxygen atoms in total. The first-order valence-corrected chi connectivity index (χ1v) is 12.4. The van der Waals surface area contributed by atoms with Crippen LogP contribution < -0.4 is 5.32 Å². The number of aliphatic hydroxyl groups is 1. The van der Waals surface area contributed by atoms with Gasteiger partial charge in [-0.15, -0.1) is 0 Å². The Labute approximate surface area is 223 Å². The Morgan fingerprint density at radius 2 is 1.92 bits per heavy atom. The number of amides is 1. The molecule has 4 aromatic rings. The number of rotatable bonds is 7. The van der Waals surface area contributed by atoms with Crippen molar-refractivity contribution in [2.24, 2.45) is 0 Å². The van der Waals surface area contributed by atoms with Crippen molar-refractivity contribution in [1.29, 1.82) is 0 Å². The van der Waals surface area contributed by atoms with Crippen molar-refractivity contribution in [2.75, 3.05) is 5.32 Å². The summed E-state index contributed by atoms with van der Waals surface area (Å²) in [7, 11) is 0. The molecule has 0 saturated carbocycles. The minimum Gasteiger partial charge on any atom is -0.392 e. The Morgan fingerprint density at radius 1 is 1.08 bits per heavy atom. The average Bonchev–Trinajstić information content (AvgIpc) is 3.25. The molecule has 10 heteroatoms. The van der Waals surface area contributed by atoms with E-state index in [-0.39, 0.29) is 29.9 Å². The summed E-state index contributed by atoms with van der Waals surface area (Å²) in [6, 6.07) is 18.4. The molecule has 1 amide bonds. The minimum atomic E-state index is -0.700. The number of aliphatic hydroxyl groups excluding tert-OH is 1. The predicted molar refractivity (Wildman–Crippen MR) is 139 cm³/mol. The third-order valence-corrected chi connectivity index (χ3v) is 6.86. The largest absolute Gasteiger partial charge is 0.392 e. The van der Waals surface area contributed by atoms with E-state index in [1.54, 1.807) is 35.3 Å². The smallest absolute Gasteiger partial charge is 0.257 e. The molecule has 1 fully saturated rings. The molecule has 0 unspecified atom stereocenters. The van der Waals surface area contributed by atoms with Crippen molar-refractivity contribution >= 4 is 34.8 Å². The molecule has 0 spiro atoms. The van der Waals surface area contributed by atoms with Crippen LogP contribution in [-0.4, -0.2) is 31.7 Å². The fourth-order valence-corrected chi connectivity index (χ4v) is 4.50. The van der Waals surface area contributed by atoms with E-state index in [4.69, 9.17) is 32.7 Å². The average molecular weight is 539 g/mol. The number of hydrogen-bond donors (Lipinski definition) is 2. The first kappa shape index (κ1) is 25.4. The number of imidazole rings is 1. The van der Waals surface area contributed by atoms with Crippen LogP contribution in [0.4, 0.5) is 5.69 Å². The number of pyridine rings is 1. The highest BCUT2D eigenvalue weighted by atomic mass is 35.5. The van der Waals surface area contributed by atoms with Crippen molar-refractivity contribution in [3.63, 3.8) is 0 Å². The summed E-state index contributed by atoms with van der Waals surface area (Å²) in [5, 5.41) is 12.9. The first-order valence-electron chi connectivity index (χ1n) is 11.7. The van der Waals surface area contributed by atoms with Crippen LogP contribution in [-0.2, 0) is 22.6 Å². The zero-order valence-electron chi connectivity index (χ0n) is 19.6. The zero-order chi connectivity index (χ0) is 25.8. The van der Waals surface area contributed by atoms with E-state index in [0.29, 0.717) is 29.4 Å². The molecule has 3 atom stereocenters. The summed E-state index contributed by atoms with van der Waals surface area (Å²) in [5.74, 6) is -0.262. The summed E-state index contributed by atoms with van der Waals surface area (Å²) in [6.45, 7) is 0.401. The van der Waals surface area contributed by atoms with Gasteiger partial charge in [-0.2, -0.15) is 0 Å². The van der Waals surface area contributed by atoms with Gasteiger partial charge in [-0.3, -0.25) is 9.78 Å². The van der Waals surface area contributed by atoms with E-state index in [1.807, 2.05) is 42.5 Å². The number of carbonyl (C=O) groups excluding carboxylic acids is 1. The molecule has 1 aliphatic rings. The van der Waals surface area contributed by atoms with Crippen LogP contribution in [0.1, 0.15) is 45.9 Å². The zero-order valence-corrected chi connectivity index (χ0v) is 21.1. The van der Waals surface area contributed by atoms with Crippen LogP contribution in [0.15, 0.2) is 79.4 Å². The van der Waals surface area contributed by atoms with Gasteiger partial charge < -0.3 is 24.5 Å². The Morgan fingerprint density at radius 3 is 2.62 bits per heavy atom. The van der Waals surface area contributed by atoms with Gasteiger partial charge >= 0.3 is 0 Å². The summed E-state index contributed by atoms with van der Waals surface area (Å²) < 4.78 is 14.5. The Balaban J connectivity index is 1.39. The SMILES string of the molecule is O=C(Nc1cccc([C@@H]2O[C@H](Cn3cnc(Cl)c3Cl)C[C@H](c3ccc(CO)cc3)O2)c1)c1cccnc1. The molecule has 2 aromatic heterocycles. The summed E-state index contributed by atoms with van der Waals surface area (Å²) >= 11 is 12.3. The van der Waals surface area contributed by atoms with Crippen LogP contribution in [0.5, 0.6) is 0 Å². The van der Waals surface area contributed by atoms with E-state index in [9.17, 15) is 9.90 Å². The molecule has 190 valence electrons. The molecule has 1 saturated heterocycles. The van der Waals surface area contributed by atoms with Crippen LogP contribution in [0, 0.1) is 0 Å². The lowest BCUT2D eigenvalue weighted by Crippen LogP contribution is -2.32. The van der Waals surface area contributed by atoms with Crippen molar-refractivity contribution in [3.8, 4) is 0 Å². The van der Waals surface area contributed by atoms with Gasteiger partial charge in [0.05, 0.1) is 37.3 Å². The Hall–Kier alpha value is -3.27. The van der Waals surface area contributed by atoms with Crippen molar-refractivity contribution in [1.82, 2.24) is 14.5 Å². The summed E-state index contributed by atoms with van der Waals surface area (Å²) in [4.78, 5) is 20.7. The lowest BCUT2D eigenvalue weighted by atomic mass is 10.00. The number of nitrogens with one attached hydrogen (secondary N) is 1. The highest BCUT2D eigenvalue weighted by molar-refractivity contribution is 6.40. The maximum Gasteiger partial charge on any atom is 0.257 e. The van der Waals surface area contributed by atoms with Gasteiger partial charge in [-0.05, 0) is 35.4 Å². The van der Waals surface area contributed by atoms with Crippen LogP contribution in [0.25, 0.3) is 0 Å². The van der Waals surface area contributed by atoms with Crippen molar-refractivity contribution in [3.05, 3.63) is 112 Å². The molecule has 2 aromatic carbocycles. The number of halogens is 2. The van der Waals surface area contributed by atoms with Gasteiger partial charge in [0.15, 0.2) is 11.4 Å². The first-order chi connectivity index (χ1) is 18.0. The van der Waals surface area contributed by atoms with Crippen LogP contribution in [0.3, 0.4) is 0 Å². The standard InChI is InChI=1S/C27H24Cl2N4O4/c28-24-25(29)33(16-31-24)14-22-12-23(18-8-6-17(15-34)7-9-18)37-27(36-22)19-3-1-5-21(11-19)32-26(35)20-4-2-10-30-13-20/h1-11,13,16,22-23,27,34H,12,14-15H2,(H,32,35)/t22-,23+,27+/m0/s1. The molecule has 0 radical (unpaired) electrons. The number of nitrogens with zero attached hydrogens (tertiary/aromatic N) is 3. The van der Waals surface area contributed by atoms with Crippen molar-refractivity contribution < 1.29 is 19.4 Å². The van der Waals surface area contributed by atoms with E-state index in [1.165, 1.54) is 6.20 Å². The van der Waals surface area contributed by atoms with Gasteiger partial charge in [0.25, 0.3) is 5.91 Å². The van der Waals surface area contributed by atoms with Crippen molar-refractivity contribution in [2.45, 2.75) is 38.1 Å². The number of anilines is 1. The number of aromatic nitrogens is 3. The van der Waals surface area contributed by atoms with Crippen LogP contribution >= 0.6 is 23.2 Å². The maximum atomic E-state index is 12.6. The third kappa shape index (κ3) is 6.01. The van der Waals surface area contributed by atoms with Gasteiger partial charge in [0.2, 0.25) is 0 Å². The van der Waals surface area contributed by atoms with Gasteiger partial charge in [0, 0.05) is 30.1 Å². The molecule has 3 heterocycles. The molecular formula is C27H24Cl2N4O4. The van der Waals surface area contributed by atoms with E-state index in [2.05, 4.69) is 15.3 Å². The lowest BCUT2D eigenvalue weighted by Gasteiger charge is -2.36. The fourth-order valence-electron chi connectivity index (χ4n) is 4.19. The highest BCUT2D eigenvalue weighted by Crippen LogP contribution is 2.39. The van der Waals surface area contributed by atoms with Gasteiger partial charge in [-0.25, -0.2) is 4.98 Å². The monoisotopic (exact) mass is 538 g/mol. The second kappa shape index (κ2) is 11.4. The Kier molecular flexibility index (Phi) is 7.83. The quantitative estimate of drug-likeness (QED) is 0.319. The highest BCUT2D eigenvalue weighted by Gasteiger charge is 2.33. The predicted octanol–water partition coefficient (Wildman–Crippen LogP) is 5.58. The normalized spacial score (nSPS) is 19.5. The molecule has 0 bridgehead atoms. The van der Waals surface area contributed by atoms with E-state index in [0.717, 1.165) is 16.7 Å². The molecule has 37 heavy (non-hydrogen) atoms. The number of hydrogen-bond acceptors (Lipinski definition) is 6. The third-order valence-electron chi connectivity index (χ3n) is 6.09. The second-order valence-electron chi connectivity index (χ2n) is 8.65. The molecule has 1 aliphatic heterocycles. The van der Waals surface area contributed by atoms with E-state index < -0.39 is 6.29 Å². The van der Waals surface area contributed by atoms with E-state index >= 15 is 0 Å². The second-order valence-corrected chi connectivity index (χ2v) is 9.37. The molecule has 5 rings (SSSR count). The summed E-state index contributed by atoms with van der Waals surface area (Å²) in [5.41, 5.74) is 3.60. The van der Waals surface area contributed by atoms with Crippen LogP contribution in [0.2, 0.25) is 10.3 Å². The molecule has 2 N–H and O–H groups in total. The number of ether oxygens (including phenoxy) is 2. The van der Waals surface area contributed by atoms with Gasteiger partial charge in [-0.1, -0.05) is 59.6 Å². The lowest BCUT2D eigenvalue weighted by molar-refractivity contribution is -0.252. The minimum absolute atomic E-state index is 0.0301. The number of carbonyl (C=O) groups is 1. The van der Waals surface area contributed by atoms with Gasteiger partial charge in [0.1, 0.15) is 5.15 Å². The molecular weight excluding hydrogens is 515 g/mol. The maximum absolute atomic E-state index is 12.6. The number of benzene rings is 2. The Bertz CT molecular complexity index is 1360. The summed E-state index contributed by atoms with van der Waals surface area (Å²) in [6.07, 6.45) is 4.04.